The first-order valence-corrected chi connectivity index (χ1v) is 10.5. The van der Waals surface area contributed by atoms with Crippen LogP contribution in [0, 0.1) is 13.8 Å². The lowest BCUT2D eigenvalue weighted by molar-refractivity contribution is -0.118. The molecule has 1 amide bonds. The van der Waals surface area contributed by atoms with Crippen molar-refractivity contribution in [2.75, 3.05) is 11.9 Å². The zero-order valence-corrected chi connectivity index (χ0v) is 18.5. The molecule has 2 aromatic carbocycles. The van der Waals surface area contributed by atoms with Gasteiger partial charge in [-0.15, -0.1) is 0 Å². The number of ether oxygens (including phenoxy) is 1. The normalized spacial score (nSPS) is 11.9. The minimum atomic E-state index is -0.173. The Kier molecular flexibility index (Phi) is 6.93. The van der Waals surface area contributed by atoms with Crippen molar-refractivity contribution in [1.82, 2.24) is 9.78 Å². The first-order valence-electron chi connectivity index (χ1n) is 10.5. The molecule has 3 rings (SSSR count). The van der Waals surface area contributed by atoms with Crippen molar-refractivity contribution in [1.29, 1.82) is 0 Å². The van der Waals surface area contributed by atoms with E-state index in [2.05, 4.69) is 43.3 Å². The molecule has 0 aliphatic carbocycles. The number of carbonyl (C=O) groups excluding carboxylic acids is 1. The number of hydrogen-bond acceptors (Lipinski definition) is 3. The molecule has 5 heteroatoms. The van der Waals surface area contributed by atoms with E-state index in [1.165, 1.54) is 22.4 Å². The summed E-state index contributed by atoms with van der Waals surface area (Å²) in [6.07, 6.45) is 1.93. The fourth-order valence-electron chi connectivity index (χ4n) is 3.46. The molecule has 0 saturated heterocycles. The molecule has 1 aromatic heterocycles. The van der Waals surface area contributed by atoms with Crippen LogP contribution in [0.2, 0.25) is 0 Å². The summed E-state index contributed by atoms with van der Waals surface area (Å²) < 4.78 is 7.53. The van der Waals surface area contributed by atoms with Crippen LogP contribution in [0.5, 0.6) is 5.75 Å². The molecule has 0 aliphatic heterocycles. The monoisotopic (exact) mass is 405 g/mol. The Hall–Kier alpha value is -3.08. The van der Waals surface area contributed by atoms with Gasteiger partial charge in [0.25, 0.3) is 5.91 Å². The molecule has 1 N–H and O–H groups in total. The molecule has 0 unspecified atom stereocenters. The highest BCUT2D eigenvalue weighted by atomic mass is 16.5. The maximum absolute atomic E-state index is 12.2. The molecule has 0 radical (unpaired) electrons. The zero-order chi connectivity index (χ0) is 21.7. The smallest absolute Gasteiger partial charge is 0.262 e. The van der Waals surface area contributed by atoms with Crippen LogP contribution >= 0.6 is 0 Å². The highest BCUT2D eigenvalue weighted by Crippen LogP contribution is 2.22. The molecule has 30 heavy (non-hydrogen) atoms. The van der Waals surface area contributed by atoms with Gasteiger partial charge in [0.2, 0.25) is 0 Å². The van der Waals surface area contributed by atoms with Gasteiger partial charge in [-0.3, -0.25) is 9.48 Å². The molecule has 5 nitrogen and oxygen atoms in total. The third-order valence-electron chi connectivity index (χ3n) is 5.71. The summed E-state index contributed by atoms with van der Waals surface area (Å²) in [5, 5.41) is 7.36. The summed E-state index contributed by atoms with van der Waals surface area (Å²) in [5.41, 5.74) is 6.72. The molecular formula is C25H31N3O2. The van der Waals surface area contributed by atoms with E-state index < -0.39 is 0 Å². The van der Waals surface area contributed by atoms with E-state index in [0.29, 0.717) is 11.7 Å². The van der Waals surface area contributed by atoms with Gasteiger partial charge in [0.1, 0.15) is 5.75 Å². The highest BCUT2D eigenvalue weighted by Gasteiger charge is 2.10. The molecule has 1 heterocycles. The minimum Gasteiger partial charge on any atom is -0.484 e. The van der Waals surface area contributed by atoms with E-state index in [9.17, 15) is 4.79 Å². The van der Waals surface area contributed by atoms with Gasteiger partial charge in [0.05, 0.1) is 5.69 Å². The Balaban J connectivity index is 1.52. The summed E-state index contributed by atoms with van der Waals surface area (Å²) in [5.74, 6) is 1.05. The van der Waals surface area contributed by atoms with Gasteiger partial charge in [-0.05, 0) is 61.6 Å². The fourth-order valence-corrected chi connectivity index (χ4v) is 3.46. The number of carbonyl (C=O) groups is 1. The van der Waals surface area contributed by atoms with Crippen LogP contribution in [-0.4, -0.2) is 22.3 Å². The Bertz CT molecular complexity index is 988. The van der Waals surface area contributed by atoms with Crippen molar-refractivity contribution < 1.29 is 9.53 Å². The van der Waals surface area contributed by atoms with Crippen LogP contribution < -0.4 is 10.1 Å². The lowest BCUT2D eigenvalue weighted by atomic mass is 9.99. The number of nitrogens with one attached hydrogen (secondary N) is 1. The van der Waals surface area contributed by atoms with Crippen molar-refractivity contribution in [3.63, 3.8) is 0 Å². The molecular weight excluding hydrogens is 374 g/mol. The largest absolute Gasteiger partial charge is 0.484 e. The first-order chi connectivity index (χ1) is 14.4. The third kappa shape index (κ3) is 5.29. The number of anilines is 1. The van der Waals surface area contributed by atoms with Gasteiger partial charge in [0, 0.05) is 30.4 Å². The lowest BCUT2D eigenvalue weighted by Crippen LogP contribution is -2.20. The second-order valence-corrected chi connectivity index (χ2v) is 7.86. The predicted octanol–water partition coefficient (Wildman–Crippen LogP) is 5.16. The Morgan fingerprint density at radius 3 is 2.33 bits per heavy atom. The summed E-state index contributed by atoms with van der Waals surface area (Å²) in [7, 11) is 1.96. The number of amides is 1. The number of nitrogens with zero attached hydrogens (tertiary/aromatic N) is 2. The van der Waals surface area contributed by atoms with Crippen molar-refractivity contribution in [3.05, 3.63) is 76.6 Å². The number of benzene rings is 2. The number of aromatic nitrogens is 2. The van der Waals surface area contributed by atoms with Gasteiger partial charge >= 0.3 is 0 Å². The van der Waals surface area contributed by atoms with E-state index in [0.717, 1.165) is 24.2 Å². The number of hydrogen-bond donors (Lipinski definition) is 1. The molecule has 0 fully saturated rings. The highest BCUT2D eigenvalue weighted by molar-refractivity contribution is 5.91. The van der Waals surface area contributed by atoms with Gasteiger partial charge < -0.3 is 10.1 Å². The fraction of sp³-hybridized carbons (Fsp3) is 0.360. The van der Waals surface area contributed by atoms with Gasteiger partial charge in [-0.25, -0.2) is 0 Å². The van der Waals surface area contributed by atoms with Gasteiger partial charge in [-0.2, -0.15) is 5.10 Å². The molecule has 0 saturated carbocycles. The third-order valence-corrected chi connectivity index (χ3v) is 5.71. The van der Waals surface area contributed by atoms with E-state index >= 15 is 0 Å². The second-order valence-electron chi connectivity index (χ2n) is 7.86. The average molecular weight is 406 g/mol. The number of aryl methyl sites for hydroxylation is 2. The minimum absolute atomic E-state index is 0.0154. The van der Waals surface area contributed by atoms with Crippen LogP contribution in [0.3, 0.4) is 0 Å². The number of rotatable bonds is 8. The van der Waals surface area contributed by atoms with E-state index in [-0.39, 0.29) is 12.5 Å². The van der Waals surface area contributed by atoms with Crippen LogP contribution in [0.4, 0.5) is 5.69 Å². The SMILES string of the molecule is CC[C@@H](C)c1ccc(OCC(=O)Nc2ccc(Cc3c(C)nn(C)c3C)cc2)cc1. The zero-order valence-electron chi connectivity index (χ0n) is 18.5. The van der Waals surface area contributed by atoms with Crippen LogP contribution in [-0.2, 0) is 18.3 Å². The molecule has 158 valence electrons. The molecule has 0 aliphatic rings. The Morgan fingerprint density at radius 1 is 1.10 bits per heavy atom. The maximum atomic E-state index is 12.2. The van der Waals surface area contributed by atoms with Gasteiger partial charge in [0.15, 0.2) is 6.61 Å². The molecule has 0 bridgehead atoms. The summed E-state index contributed by atoms with van der Waals surface area (Å²) >= 11 is 0. The van der Waals surface area contributed by atoms with Crippen molar-refractivity contribution in [2.45, 2.75) is 46.5 Å². The predicted molar refractivity (Wildman–Crippen MR) is 121 cm³/mol. The van der Waals surface area contributed by atoms with Crippen LogP contribution in [0.15, 0.2) is 48.5 Å². The maximum Gasteiger partial charge on any atom is 0.262 e. The second kappa shape index (κ2) is 9.61. The van der Waals surface area contributed by atoms with E-state index in [1.54, 1.807) is 0 Å². The van der Waals surface area contributed by atoms with Gasteiger partial charge in [-0.1, -0.05) is 38.1 Å². The van der Waals surface area contributed by atoms with Crippen molar-refractivity contribution in [2.24, 2.45) is 7.05 Å². The summed E-state index contributed by atoms with van der Waals surface area (Å²) in [6, 6.07) is 15.9. The Labute approximate surface area is 179 Å². The van der Waals surface area contributed by atoms with Crippen LogP contribution in [0.25, 0.3) is 0 Å². The van der Waals surface area contributed by atoms with Crippen LogP contribution in [0.1, 0.15) is 54.3 Å². The lowest BCUT2D eigenvalue weighted by Gasteiger charge is -2.11. The summed E-state index contributed by atoms with van der Waals surface area (Å²) in [6.45, 7) is 8.48. The van der Waals surface area contributed by atoms with Crippen molar-refractivity contribution >= 4 is 11.6 Å². The topological polar surface area (TPSA) is 56.1 Å². The van der Waals surface area contributed by atoms with E-state index in [4.69, 9.17) is 4.74 Å². The quantitative estimate of drug-likeness (QED) is 0.563. The Morgan fingerprint density at radius 2 is 1.77 bits per heavy atom. The van der Waals surface area contributed by atoms with Crippen molar-refractivity contribution in [3.8, 4) is 5.75 Å². The average Bonchev–Trinajstić information content (AvgIpc) is 2.99. The molecule has 3 aromatic rings. The molecule has 0 spiro atoms. The summed E-state index contributed by atoms with van der Waals surface area (Å²) in [4.78, 5) is 12.2. The standard InChI is InChI=1S/C25H31N3O2/c1-6-17(2)21-9-13-23(14-10-21)30-16-25(29)26-22-11-7-20(8-12-22)15-24-18(3)27-28(5)19(24)4/h7-14,17H,6,15-16H2,1-5H3,(H,26,29)/t17-/m1/s1. The first kappa shape index (κ1) is 21.6. The van der Waals surface area contributed by atoms with E-state index in [1.807, 2.05) is 55.1 Å². The molecule has 1 atom stereocenters.